The molecule has 7 nitrogen and oxygen atoms in total. The second-order valence-electron chi connectivity index (χ2n) is 7.15. The van der Waals surface area contributed by atoms with Crippen LogP contribution in [0.2, 0.25) is 5.02 Å². The normalized spacial score (nSPS) is 14.1. The number of methoxy groups -OCH3 is 1. The number of ether oxygens (including phenoxy) is 2. The largest absolute Gasteiger partial charge is 0.495 e. The topological polar surface area (TPSA) is 73.7 Å². The number of carbonyl (C=O) groups is 1. The molecule has 0 aliphatic carbocycles. The van der Waals surface area contributed by atoms with Gasteiger partial charge in [0.05, 0.1) is 42.7 Å². The van der Waals surface area contributed by atoms with Crippen molar-refractivity contribution in [2.24, 2.45) is 0 Å². The number of morpholine rings is 1. The summed E-state index contributed by atoms with van der Waals surface area (Å²) in [6.07, 6.45) is 0. The fourth-order valence-electron chi connectivity index (χ4n) is 3.45. The lowest BCUT2D eigenvalue weighted by Crippen LogP contribution is -2.41. The van der Waals surface area contributed by atoms with Crippen molar-refractivity contribution < 1.29 is 14.3 Å². The van der Waals surface area contributed by atoms with Crippen LogP contribution >= 0.6 is 23.4 Å². The Morgan fingerprint density at radius 1 is 1.23 bits per heavy atom. The van der Waals surface area contributed by atoms with Crippen molar-refractivity contribution in [1.82, 2.24) is 14.5 Å². The summed E-state index contributed by atoms with van der Waals surface area (Å²) >= 11 is 7.35. The molecule has 31 heavy (non-hydrogen) atoms. The highest BCUT2D eigenvalue weighted by molar-refractivity contribution is 7.99. The van der Waals surface area contributed by atoms with E-state index < -0.39 is 0 Å². The molecule has 0 unspecified atom stereocenters. The molecule has 2 heterocycles. The molecule has 9 heteroatoms. The summed E-state index contributed by atoms with van der Waals surface area (Å²) in [5, 5.41) is 1.34. The third-order valence-electron chi connectivity index (χ3n) is 5.06. The minimum atomic E-state index is -0.244. The highest BCUT2D eigenvalue weighted by atomic mass is 35.5. The summed E-state index contributed by atoms with van der Waals surface area (Å²) < 4.78 is 12.3. The van der Waals surface area contributed by atoms with Crippen molar-refractivity contribution in [1.29, 1.82) is 0 Å². The van der Waals surface area contributed by atoms with Gasteiger partial charge >= 0.3 is 0 Å². The Kier molecular flexibility index (Phi) is 6.50. The molecule has 0 atom stereocenters. The van der Waals surface area contributed by atoms with Gasteiger partial charge in [0, 0.05) is 18.1 Å². The van der Waals surface area contributed by atoms with Gasteiger partial charge in [-0.3, -0.25) is 14.2 Å². The fourth-order valence-corrected chi connectivity index (χ4v) is 4.53. The third kappa shape index (κ3) is 4.56. The maximum absolute atomic E-state index is 13.5. The van der Waals surface area contributed by atoms with E-state index in [1.54, 1.807) is 30.2 Å². The number of rotatable bonds is 5. The Bertz CT molecular complexity index is 1190. The van der Waals surface area contributed by atoms with Crippen molar-refractivity contribution in [3.8, 4) is 11.4 Å². The second kappa shape index (κ2) is 9.30. The number of hydrogen-bond acceptors (Lipinski definition) is 6. The zero-order chi connectivity index (χ0) is 22.0. The molecule has 1 amide bonds. The van der Waals surface area contributed by atoms with Crippen LogP contribution in [0.4, 0.5) is 0 Å². The van der Waals surface area contributed by atoms with E-state index in [1.165, 1.54) is 16.3 Å². The number of amides is 1. The molecule has 1 aliphatic heterocycles. The number of carbonyl (C=O) groups excluding carboxylic acids is 1. The fraction of sp³-hybridized carbons (Fsp3) is 0.318. The molecular formula is C22H22ClN3O4S. The van der Waals surface area contributed by atoms with Crippen LogP contribution in [0.1, 0.15) is 5.56 Å². The van der Waals surface area contributed by atoms with Crippen LogP contribution in [0.3, 0.4) is 0 Å². The maximum atomic E-state index is 13.5. The summed E-state index contributed by atoms with van der Waals surface area (Å²) in [5.41, 5.74) is 1.80. The lowest BCUT2D eigenvalue weighted by Gasteiger charge is -2.26. The highest BCUT2D eigenvalue weighted by Crippen LogP contribution is 2.29. The molecule has 1 aliphatic rings. The zero-order valence-electron chi connectivity index (χ0n) is 17.3. The molecular weight excluding hydrogens is 438 g/mol. The minimum Gasteiger partial charge on any atom is -0.495 e. The summed E-state index contributed by atoms with van der Waals surface area (Å²) in [4.78, 5) is 32.6. The SMILES string of the molecule is COc1ccc(C)cc1-n1c(SCC(=O)N2CCOCC2)nc2cc(Cl)ccc2c1=O. The van der Waals surface area contributed by atoms with Crippen molar-refractivity contribution in [2.75, 3.05) is 39.2 Å². The van der Waals surface area contributed by atoms with Crippen molar-refractivity contribution >= 4 is 40.2 Å². The monoisotopic (exact) mass is 459 g/mol. The first-order chi connectivity index (χ1) is 15.0. The van der Waals surface area contributed by atoms with Gasteiger partial charge in [-0.05, 0) is 42.8 Å². The molecule has 0 bridgehead atoms. The molecule has 162 valence electrons. The minimum absolute atomic E-state index is 0.0171. The molecule has 0 N–H and O–H groups in total. The lowest BCUT2D eigenvalue weighted by atomic mass is 10.2. The molecule has 1 fully saturated rings. The Labute approximate surface area is 188 Å². The van der Waals surface area contributed by atoms with Crippen LogP contribution in [-0.2, 0) is 9.53 Å². The van der Waals surface area contributed by atoms with Gasteiger partial charge in [0.25, 0.3) is 5.56 Å². The number of thioether (sulfide) groups is 1. The van der Waals surface area contributed by atoms with Crippen LogP contribution < -0.4 is 10.3 Å². The molecule has 0 radical (unpaired) electrons. The Balaban J connectivity index is 1.81. The predicted octanol–water partition coefficient (Wildman–Crippen LogP) is 3.31. The van der Waals surface area contributed by atoms with Gasteiger partial charge in [-0.1, -0.05) is 29.4 Å². The van der Waals surface area contributed by atoms with Crippen LogP contribution in [0.15, 0.2) is 46.3 Å². The summed E-state index contributed by atoms with van der Waals surface area (Å²) in [6.45, 7) is 4.15. The average Bonchev–Trinajstić information content (AvgIpc) is 2.78. The second-order valence-corrected chi connectivity index (χ2v) is 8.53. The zero-order valence-corrected chi connectivity index (χ0v) is 18.8. The molecule has 3 aromatic rings. The Morgan fingerprint density at radius 2 is 2.00 bits per heavy atom. The van der Waals surface area contributed by atoms with Crippen molar-refractivity contribution in [2.45, 2.75) is 12.1 Å². The average molecular weight is 460 g/mol. The van der Waals surface area contributed by atoms with E-state index in [2.05, 4.69) is 4.98 Å². The van der Waals surface area contributed by atoms with Gasteiger partial charge in [0.2, 0.25) is 5.91 Å². The molecule has 0 spiro atoms. The standard InChI is InChI=1S/C22H22ClN3O4S/c1-14-3-6-19(29-2)18(11-14)26-21(28)16-5-4-15(23)12-17(16)24-22(26)31-13-20(27)25-7-9-30-10-8-25/h3-6,11-12H,7-10,13H2,1-2H3. The Hall–Kier alpha value is -2.55. The summed E-state index contributed by atoms with van der Waals surface area (Å²) in [6, 6.07) is 10.6. The van der Waals surface area contributed by atoms with Crippen LogP contribution in [0.5, 0.6) is 5.75 Å². The van der Waals surface area contributed by atoms with Gasteiger partial charge in [-0.25, -0.2) is 4.98 Å². The number of benzene rings is 2. The third-order valence-corrected chi connectivity index (χ3v) is 6.22. The number of aryl methyl sites for hydroxylation is 1. The van der Waals surface area contributed by atoms with Gasteiger partial charge in [0.15, 0.2) is 5.16 Å². The first-order valence-corrected chi connectivity index (χ1v) is 11.2. The number of aromatic nitrogens is 2. The van der Waals surface area contributed by atoms with E-state index in [4.69, 9.17) is 21.1 Å². The quantitative estimate of drug-likeness (QED) is 0.430. The van der Waals surface area contributed by atoms with E-state index in [0.717, 1.165) is 5.56 Å². The van der Waals surface area contributed by atoms with Crippen LogP contribution in [0.25, 0.3) is 16.6 Å². The molecule has 4 rings (SSSR count). The number of hydrogen-bond donors (Lipinski definition) is 0. The first-order valence-electron chi connectivity index (χ1n) is 9.83. The smallest absolute Gasteiger partial charge is 0.266 e. The lowest BCUT2D eigenvalue weighted by molar-refractivity contribution is -0.132. The first kappa shape index (κ1) is 21.7. The van der Waals surface area contributed by atoms with Gasteiger partial charge < -0.3 is 14.4 Å². The van der Waals surface area contributed by atoms with Crippen LogP contribution in [0, 0.1) is 6.92 Å². The molecule has 1 aromatic heterocycles. The molecule has 1 saturated heterocycles. The van der Waals surface area contributed by atoms with Crippen LogP contribution in [-0.4, -0.2) is 59.5 Å². The van der Waals surface area contributed by atoms with Crippen molar-refractivity contribution in [3.05, 3.63) is 57.3 Å². The van der Waals surface area contributed by atoms with E-state index in [0.29, 0.717) is 58.8 Å². The summed E-state index contributed by atoms with van der Waals surface area (Å²) in [5.74, 6) is 0.688. The van der Waals surface area contributed by atoms with Gasteiger partial charge in [-0.2, -0.15) is 0 Å². The maximum Gasteiger partial charge on any atom is 0.266 e. The van der Waals surface area contributed by atoms with E-state index in [1.807, 2.05) is 25.1 Å². The highest BCUT2D eigenvalue weighted by Gasteiger charge is 2.21. The Morgan fingerprint density at radius 3 is 2.74 bits per heavy atom. The van der Waals surface area contributed by atoms with E-state index >= 15 is 0 Å². The summed E-state index contributed by atoms with van der Waals surface area (Å²) in [7, 11) is 1.56. The molecule has 0 saturated carbocycles. The predicted molar refractivity (Wildman–Crippen MR) is 122 cm³/mol. The van der Waals surface area contributed by atoms with Crippen molar-refractivity contribution in [3.63, 3.8) is 0 Å². The number of halogens is 1. The van der Waals surface area contributed by atoms with Gasteiger partial charge in [0.1, 0.15) is 5.75 Å². The number of fused-ring (bicyclic) bond motifs is 1. The van der Waals surface area contributed by atoms with E-state index in [-0.39, 0.29) is 17.2 Å². The number of nitrogens with zero attached hydrogens (tertiary/aromatic N) is 3. The van der Waals surface area contributed by atoms with Gasteiger partial charge in [-0.15, -0.1) is 0 Å². The van der Waals surface area contributed by atoms with E-state index in [9.17, 15) is 9.59 Å². The molecule has 2 aromatic carbocycles.